The van der Waals surface area contributed by atoms with Gasteiger partial charge in [0.05, 0.1) is 0 Å². The van der Waals surface area contributed by atoms with Crippen molar-refractivity contribution in [2.24, 2.45) is 17.3 Å². The number of hydrogen-bond donors (Lipinski definition) is 0. The van der Waals surface area contributed by atoms with Crippen LogP contribution in [0.15, 0.2) is 10.6 Å². The van der Waals surface area contributed by atoms with Gasteiger partial charge in [-0.05, 0) is 54.3 Å². The molecule has 146 valence electrons. The molecule has 0 aromatic heterocycles. The minimum atomic E-state index is 0.632. The Labute approximate surface area is 162 Å². The van der Waals surface area contributed by atoms with Crippen LogP contribution in [-0.4, -0.2) is 6.29 Å². The van der Waals surface area contributed by atoms with Crippen molar-refractivity contribution in [3.05, 3.63) is 10.6 Å². The average molecular weight is 406 g/mol. The van der Waals surface area contributed by atoms with Crippen LogP contribution in [0.5, 0.6) is 0 Å². The lowest BCUT2D eigenvalue weighted by atomic mass is 9.63. The average Bonchev–Trinajstić information content (AvgIpc) is 3.02. The topological polar surface area (TPSA) is 17.1 Å². The summed E-state index contributed by atoms with van der Waals surface area (Å²) in [7, 11) is 0. The maximum absolute atomic E-state index is 9.17. The molecule has 1 nitrogen and oxygen atoms in total. The van der Waals surface area contributed by atoms with Crippen molar-refractivity contribution in [3.63, 3.8) is 0 Å². The molecule has 2 rings (SSSR count). The largest absolute Gasteiger partial charge is 0.303 e. The zero-order valence-electron chi connectivity index (χ0n) is 18.0. The molecule has 2 aliphatic carbocycles. The smallest absolute Gasteiger partial charge is 0.119 e. The van der Waals surface area contributed by atoms with Gasteiger partial charge in [-0.2, -0.15) is 0 Å². The number of allylic oxidation sites excluding steroid dienone is 1. The van der Waals surface area contributed by atoms with Crippen molar-refractivity contribution >= 4 is 22.2 Å². The fraction of sp³-hybridized carbons (Fsp3) is 0.864. The highest BCUT2D eigenvalue weighted by Gasteiger charge is 2.48. The first-order valence-corrected chi connectivity index (χ1v) is 11.3. The lowest BCUT2D eigenvalue weighted by molar-refractivity contribution is -0.107. The van der Waals surface area contributed by atoms with Gasteiger partial charge in [-0.25, -0.2) is 0 Å². The zero-order chi connectivity index (χ0) is 19.6. The van der Waals surface area contributed by atoms with Gasteiger partial charge in [0, 0.05) is 6.42 Å². The third-order valence-corrected chi connectivity index (χ3v) is 5.55. The molecule has 0 bridgehead atoms. The van der Waals surface area contributed by atoms with Crippen molar-refractivity contribution in [2.75, 3.05) is 0 Å². The van der Waals surface area contributed by atoms with E-state index in [2.05, 4.69) is 34.8 Å². The highest BCUT2D eigenvalue weighted by atomic mass is 79.9. The Morgan fingerprint density at radius 3 is 1.96 bits per heavy atom. The lowest BCUT2D eigenvalue weighted by Crippen LogP contribution is -2.32. The molecule has 2 fully saturated rings. The summed E-state index contributed by atoms with van der Waals surface area (Å²) in [5, 5.41) is 0. The molecular weight excluding hydrogens is 360 g/mol. The minimum absolute atomic E-state index is 0.632. The monoisotopic (exact) mass is 404 g/mol. The first-order valence-electron chi connectivity index (χ1n) is 10.4. The summed E-state index contributed by atoms with van der Waals surface area (Å²) < 4.78 is 0. The standard InChI is InChI=1S/C13H21Br.C3H6O.3C2H6/c1-3-11-6-7-12-10(9-14)5-4-8-13(11,12)2;1-2-3-4;3*1-2/h9,11-12H,3-8H2,1-2H3;3H,2H2,1H3;3*1-2H3/b10-9+;;;;. The second-order valence-electron chi connectivity index (χ2n) is 5.85. The molecule has 2 aliphatic rings. The Morgan fingerprint density at radius 1 is 1.08 bits per heavy atom. The minimum Gasteiger partial charge on any atom is -0.303 e. The van der Waals surface area contributed by atoms with E-state index in [9.17, 15) is 4.79 Å². The van der Waals surface area contributed by atoms with Crippen molar-refractivity contribution in [2.45, 2.75) is 107 Å². The molecule has 3 atom stereocenters. The number of hydrogen-bond acceptors (Lipinski definition) is 1. The second-order valence-corrected chi connectivity index (χ2v) is 6.31. The van der Waals surface area contributed by atoms with Crippen LogP contribution in [0.1, 0.15) is 107 Å². The van der Waals surface area contributed by atoms with Gasteiger partial charge in [0.25, 0.3) is 0 Å². The van der Waals surface area contributed by atoms with Crippen molar-refractivity contribution in [1.29, 1.82) is 0 Å². The summed E-state index contributed by atoms with van der Waals surface area (Å²) in [6.45, 7) is 18.7. The Kier molecular flexibility index (Phi) is 23.0. The maximum Gasteiger partial charge on any atom is 0.119 e. The molecule has 24 heavy (non-hydrogen) atoms. The lowest BCUT2D eigenvalue weighted by Gasteiger charge is -2.42. The van der Waals surface area contributed by atoms with E-state index < -0.39 is 0 Å². The Hall–Kier alpha value is -0.110. The van der Waals surface area contributed by atoms with Gasteiger partial charge in [-0.1, -0.05) is 90.2 Å². The number of carbonyl (C=O) groups excluding carboxylic acids is 1. The molecule has 2 saturated carbocycles. The van der Waals surface area contributed by atoms with Crippen molar-refractivity contribution < 1.29 is 4.79 Å². The number of halogens is 1. The second kappa shape index (κ2) is 19.2. The molecule has 0 radical (unpaired) electrons. The predicted octanol–water partition coefficient (Wildman–Crippen LogP) is 8.57. The molecule has 2 heteroatoms. The van der Waals surface area contributed by atoms with E-state index in [4.69, 9.17) is 0 Å². The van der Waals surface area contributed by atoms with E-state index >= 15 is 0 Å². The molecule has 0 N–H and O–H groups in total. The maximum atomic E-state index is 9.17. The predicted molar refractivity (Wildman–Crippen MR) is 116 cm³/mol. The van der Waals surface area contributed by atoms with E-state index in [0.717, 1.165) is 18.1 Å². The number of carbonyl (C=O) groups is 1. The molecular formula is C22H45BrO. The molecule has 0 heterocycles. The summed E-state index contributed by atoms with van der Waals surface area (Å²) in [5.41, 5.74) is 2.32. The summed E-state index contributed by atoms with van der Waals surface area (Å²) in [6, 6.07) is 0. The van der Waals surface area contributed by atoms with Gasteiger partial charge >= 0.3 is 0 Å². The molecule has 0 saturated heterocycles. The van der Waals surface area contributed by atoms with Crippen LogP contribution in [0.25, 0.3) is 0 Å². The summed E-state index contributed by atoms with van der Waals surface area (Å²) >= 11 is 3.55. The van der Waals surface area contributed by atoms with Crippen LogP contribution < -0.4 is 0 Å². The molecule has 3 unspecified atom stereocenters. The van der Waals surface area contributed by atoms with Gasteiger partial charge in [0.2, 0.25) is 0 Å². The molecule has 0 spiro atoms. The van der Waals surface area contributed by atoms with Crippen LogP contribution in [0.2, 0.25) is 0 Å². The fourth-order valence-electron chi connectivity index (χ4n) is 3.95. The summed E-state index contributed by atoms with van der Waals surface area (Å²) in [4.78, 5) is 11.4. The highest BCUT2D eigenvalue weighted by molar-refractivity contribution is 9.11. The molecule has 0 aromatic rings. The number of fused-ring (bicyclic) bond motifs is 1. The van der Waals surface area contributed by atoms with Crippen LogP contribution in [-0.2, 0) is 4.79 Å². The van der Waals surface area contributed by atoms with Crippen LogP contribution in [0, 0.1) is 17.3 Å². The quantitative estimate of drug-likeness (QED) is 0.421. The Bertz CT molecular complexity index is 298. The van der Waals surface area contributed by atoms with Crippen LogP contribution in [0.3, 0.4) is 0 Å². The molecule has 0 aromatic carbocycles. The van der Waals surface area contributed by atoms with Crippen LogP contribution in [0.4, 0.5) is 0 Å². The SMILES string of the molecule is CC.CC.CC.CCC1CCC2/C(=C/Br)CCCC12C.CCC=O. The van der Waals surface area contributed by atoms with Crippen LogP contribution >= 0.6 is 15.9 Å². The summed E-state index contributed by atoms with van der Waals surface area (Å²) in [5.74, 6) is 1.87. The van der Waals surface area contributed by atoms with Gasteiger partial charge in [0.15, 0.2) is 0 Å². The normalized spacial score (nSPS) is 28.3. The Balaban J connectivity index is -0.000000375. The number of aldehydes is 1. The molecule has 0 aliphatic heterocycles. The fourth-order valence-corrected chi connectivity index (χ4v) is 4.50. The van der Waals surface area contributed by atoms with Crippen molar-refractivity contribution in [3.8, 4) is 0 Å². The van der Waals surface area contributed by atoms with Gasteiger partial charge < -0.3 is 4.79 Å². The number of rotatable bonds is 2. The highest BCUT2D eigenvalue weighted by Crippen LogP contribution is 2.58. The van der Waals surface area contributed by atoms with Crippen molar-refractivity contribution in [1.82, 2.24) is 0 Å². The van der Waals surface area contributed by atoms with E-state index in [1.54, 1.807) is 5.57 Å². The van der Waals surface area contributed by atoms with Gasteiger partial charge in [-0.15, -0.1) is 0 Å². The van der Waals surface area contributed by atoms with E-state index in [1.165, 1.54) is 38.5 Å². The Morgan fingerprint density at radius 2 is 1.58 bits per heavy atom. The third kappa shape index (κ3) is 8.83. The molecule has 0 amide bonds. The zero-order valence-corrected chi connectivity index (χ0v) is 19.6. The van der Waals surface area contributed by atoms with Gasteiger partial charge in [0.1, 0.15) is 6.29 Å². The first kappa shape index (κ1) is 28.7. The third-order valence-electron chi connectivity index (χ3n) is 4.96. The van der Waals surface area contributed by atoms with E-state index in [1.807, 2.05) is 48.5 Å². The van der Waals surface area contributed by atoms with E-state index in [0.29, 0.717) is 11.8 Å². The van der Waals surface area contributed by atoms with Gasteiger partial charge in [-0.3, -0.25) is 0 Å². The first-order chi connectivity index (χ1) is 11.6. The van der Waals surface area contributed by atoms with E-state index in [-0.39, 0.29) is 0 Å². The summed E-state index contributed by atoms with van der Waals surface area (Å²) in [6.07, 6.45) is 9.99.